The molecule has 2 heterocycles. The van der Waals surface area contributed by atoms with E-state index >= 15 is 0 Å². The molecule has 1 aromatic heterocycles. The van der Waals surface area contributed by atoms with Crippen LogP contribution in [0.5, 0.6) is 0 Å². The Balaban J connectivity index is 1.85. The highest BCUT2D eigenvalue weighted by molar-refractivity contribution is 5.89. The number of allylic oxidation sites excluding steroid dienone is 1. The van der Waals surface area contributed by atoms with Crippen molar-refractivity contribution in [2.45, 2.75) is 38.3 Å². The normalized spacial score (nSPS) is 26.9. The highest BCUT2D eigenvalue weighted by atomic mass is 15.2. The van der Waals surface area contributed by atoms with Crippen molar-refractivity contribution in [1.82, 2.24) is 9.47 Å². The molecule has 1 unspecified atom stereocenters. The van der Waals surface area contributed by atoms with Crippen LogP contribution in [0, 0.1) is 5.92 Å². The van der Waals surface area contributed by atoms with E-state index < -0.39 is 0 Å². The lowest BCUT2D eigenvalue weighted by Crippen LogP contribution is -2.49. The number of fused-ring (bicyclic) bond motifs is 2. The summed E-state index contributed by atoms with van der Waals surface area (Å²) in [4.78, 5) is 2.65. The van der Waals surface area contributed by atoms with Gasteiger partial charge in [-0.3, -0.25) is 4.90 Å². The van der Waals surface area contributed by atoms with Crippen LogP contribution in [-0.2, 0) is 13.0 Å². The van der Waals surface area contributed by atoms with Gasteiger partial charge < -0.3 is 4.57 Å². The Morgan fingerprint density at radius 1 is 1.22 bits per heavy atom. The number of rotatable bonds is 4. The largest absolute Gasteiger partial charge is 0.343 e. The van der Waals surface area contributed by atoms with Gasteiger partial charge in [-0.2, -0.15) is 0 Å². The van der Waals surface area contributed by atoms with Gasteiger partial charge in [0.2, 0.25) is 0 Å². The quantitative estimate of drug-likeness (QED) is 0.762. The van der Waals surface area contributed by atoms with Crippen LogP contribution in [0.4, 0.5) is 0 Å². The van der Waals surface area contributed by atoms with Crippen LogP contribution in [0.1, 0.15) is 30.4 Å². The molecule has 3 atom stereocenters. The summed E-state index contributed by atoms with van der Waals surface area (Å²) in [6.45, 7) is 13.4. The van der Waals surface area contributed by atoms with Gasteiger partial charge in [0.25, 0.3) is 0 Å². The molecule has 23 heavy (non-hydrogen) atoms. The maximum atomic E-state index is 3.97. The third-order valence-corrected chi connectivity index (χ3v) is 5.67. The first kappa shape index (κ1) is 14.8. The van der Waals surface area contributed by atoms with E-state index in [4.69, 9.17) is 0 Å². The van der Waals surface area contributed by atoms with Crippen LogP contribution in [0.3, 0.4) is 0 Å². The van der Waals surface area contributed by atoms with E-state index in [0.717, 1.165) is 19.0 Å². The van der Waals surface area contributed by atoms with Crippen molar-refractivity contribution in [3.63, 3.8) is 0 Å². The summed E-state index contributed by atoms with van der Waals surface area (Å²) in [6.07, 6.45) is 8.89. The minimum atomic E-state index is 0.627. The highest BCUT2D eigenvalue weighted by Gasteiger charge is 2.39. The third-order valence-electron chi connectivity index (χ3n) is 5.67. The Labute approximate surface area is 139 Å². The lowest BCUT2D eigenvalue weighted by Gasteiger charge is -2.46. The van der Waals surface area contributed by atoms with E-state index in [1.54, 1.807) is 5.56 Å². The summed E-state index contributed by atoms with van der Waals surface area (Å²) < 4.78 is 2.36. The average Bonchev–Trinajstić information content (AvgIpc) is 2.89. The van der Waals surface area contributed by atoms with E-state index in [1.807, 2.05) is 6.08 Å². The van der Waals surface area contributed by atoms with Crippen molar-refractivity contribution in [2.75, 3.05) is 13.1 Å². The van der Waals surface area contributed by atoms with E-state index in [2.05, 4.69) is 60.0 Å². The zero-order valence-corrected chi connectivity index (χ0v) is 14.0. The molecule has 2 heteroatoms. The number of hydrogen-bond acceptors (Lipinski definition) is 1. The molecule has 0 spiro atoms. The maximum absolute atomic E-state index is 3.97. The van der Waals surface area contributed by atoms with Gasteiger partial charge in [0.05, 0.1) is 0 Å². The molecule has 2 aliphatic rings. The van der Waals surface area contributed by atoms with Crippen molar-refractivity contribution in [3.05, 3.63) is 60.8 Å². The smallest absolute Gasteiger partial charge is 0.0489 e. The highest BCUT2D eigenvalue weighted by Crippen LogP contribution is 2.45. The molecule has 1 aromatic carbocycles. The summed E-state index contributed by atoms with van der Waals surface area (Å²) in [6, 6.07) is 7.49. The number of benzene rings is 1. The first-order valence-electron chi connectivity index (χ1n) is 8.79. The molecule has 120 valence electrons. The number of likely N-dealkylation sites (tertiary alicyclic amines) is 1. The minimum absolute atomic E-state index is 0.627. The van der Waals surface area contributed by atoms with Crippen LogP contribution in [0.2, 0.25) is 0 Å². The van der Waals surface area contributed by atoms with Crippen molar-refractivity contribution in [3.8, 4) is 0 Å². The molecule has 1 aliphatic heterocycles. The zero-order valence-electron chi connectivity index (χ0n) is 14.0. The van der Waals surface area contributed by atoms with E-state index in [1.165, 1.54) is 35.9 Å². The van der Waals surface area contributed by atoms with E-state index in [0.29, 0.717) is 12.0 Å². The van der Waals surface area contributed by atoms with Gasteiger partial charge in [0.1, 0.15) is 0 Å². The van der Waals surface area contributed by atoms with Crippen molar-refractivity contribution < 1.29 is 0 Å². The third kappa shape index (κ3) is 2.28. The number of piperidine rings is 1. The van der Waals surface area contributed by atoms with Crippen molar-refractivity contribution in [1.29, 1.82) is 0 Å². The van der Waals surface area contributed by atoms with E-state index in [-0.39, 0.29) is 0 Å². The molecular formula is C21H26N2. The molecule has 0 amide bonds. The predicted octanol–water partition coefficient (Wildman–Crippen LogP) is 4.36. The standard InChI is InChI=1S/C21H26N2/c1-4-9-22-13-15(3)11-18-17-7-6-8-19-21(17)16(12-20(18)22)14-23(19)10-5-2/h4-8,14-15,18,20H,1-2,9-13H2,3H3/t15-,18?,20-/m1/s1. The fourth-order valence-corrected chi connectivity index (χ4v) is 4.88. The van der Waals surface area contributed by atoms with Gasteiger partial charge in [-0.25, -0.2) is 0 Å². The Morgan fingerprint density at radius 2 is 2.04 bits per heavy atom. The summed E-state index contributed by atoms with van der Waals surface area (Å²) in [5.74, 6) is 1.41. The molecule has 1 saturated heterocycles. The summed E-state index contributed by atoms with van der Waals surface area (Å²) >= 11 is 0. The van der Waals surface area contributed by atoms with Crippen LogP contribution in [0.15, 0.2) is 49.7 Å². The van der Waals surface area contributed by atoms with Crippen molar-refractivity contribution in [2.24, 2.45) is 5.92 Å². The number of nitrogens with zero attached hydrogens (tertiary/aromatic N) is 2. The first-order valence-corrected chi connectivity index (χ1v) is 8.79. The van der Waals surface area contributed by atoms with Crippen molar-refractivity contribution >= 4 is 10.9 Å². The molecule has 1 fully saturated rings. The monoisotopic (exact) mass is 306 g/mol. The SMILES string of the molecule is C=CCN1C[C@H](C)CC2c3cccc4c3c(cn4CC=C)C[C@H]21. The first-order chi connectivity index (χ1) is 11.2. The lowest BCUT2D eigenvalue weighted by atomic mass is 9.72. The Morgan fingerprint density at radius 3 is 2.83 bits per heavy atom. The average molecular weight is 306 g/mol. The lowest BCUT2D eigenvalue weighted by molar-refractivity contribution is 0.104. The number of hydrogen-bond donors (Lipinski definition) is 0. The van der Waals surface area contributed by atoms with E-state index in [9.17, 15) is 0 Å². The molecule has 1 aliphatic carbocycles. The van der Waals surface area contributed by atoms with Gasteiger partial charge >= 0.3 is 0 Å². The Hall–Kier alpha value is -1.80. The van der Waals surface area contributed by atoms with Crippen LogP contribution in [-0.4, -0.2) is 28.6 Å². The molecule has 2 nitrogen and oxygen atoms in total. The molecular weight excluding hydrogens is 280 g/mol. The summed E-state index contributed by atoms with van der Waals surface area (Å²) in [5.41, 5.74) is 4.46. The second kappa shape index (κ2) is 5.68. The Bertz CT molecular complexity index is 755. The van der Waals surface area contributed by atoms with Gasteiger partial charge in [-0.15, -0.1) is 13.2 Å². The molecule has 2 aromatic rings. The zero-order chi connectivity index (χ0) is 16.0. The predicted molar refractivity (Wildman–Crippen MR) is 97.9 cm³/mol. The summed E-state index contributed by atoms with van der Waals surface area (Å²) in [5, 5.41) is 1.52. The topological polar surface area (TPSA) is 8.17 Å². The molecule has 4 rings (SSSR count). The maximum Gasteiger partial charge on any atom is 0.0489 e. The second-order valence-corrected chi connectivity index (χ2v) is 7.30. The van der Waals surface area contributed by atoms with Gasteiger partial charge in [-0.1, -0.05) is 31.2 Å². The molecule has 0 N–H and O–H groups in total. The van der Waals surface area contributed by atoms with Gasteiger partial charge in [0.15, 0.2) is 0 Å². The molecule has 0 saturated carbocycles. The second-order valence-electron chi connectivity index (χ2n) is 7.30. The fourth-order valence-electron chi connectivity index (χ4n) is 4.88. The van der Waals surface area contributed by atoms with Crippen LogP contribution < -0.4 is 0 Å². The van der Waals surface area contributed by atoms with Crippen LogP contribution >= 0.6 is 0 Å². The van der Waals surface area contributed by atoms with Gasteiger partial charge in [-0.05, 0) is 36.0 Å². The molecule has 0 bridgehead atoms. The number of aromatic nitrogens is 1. The summed E-state index contributed by atoms with van der Waals surface area (Å²) in [7, 11) is 0. The molecule has 0 radical (unpaired) electrons. The Kier molecular flexibility index (Phi) is 3.65. The fraction of sp³-hybridized carbons (Fsp3) is 0.429. The van der Waals surface area contributed by atoms with Gasteiger partial charge in [0, 0.05) is 48.7 Å². The minimum Gasteiger partial charge on any atom is -0.343 e. The van der Waals surface area contributed by atoms with Crippen LogP contribution in [0.25, 0.3) is 10.9 Å².